The Bertz CT molecular complexity index is 1330. The predicted octanol–water partition coefficient (Wildman–Crippen LogP) is 5.04. The summed E-state index contributed by atoms with van der Waals surface area (Å²) in [4.78, 5) is 23.5. The van der Waals surface area contributed by atoms with Crippen LogP contribution in [0.2, 0.25) is 10.0 Å². The topological polar surface area (TPSA) is 114 Å². The third kappa shape index (κ3) is 4.72. The molecule has 3 heterocycles. The number of likely N-dealkylation sites (tertiary alicyclic amines) is 1. The summed E-state index contributed by atoms with van der Waals surface area (Å²) >= 11 is 12.3. The summed E-state index contributed by atoms with van der Waals surface area (Å²) in [7, 11) is 0. The number of hydrogen-bond donors (Lipinski definition) is 1. The van der Waals surface area contributed by atoms with Crippen molar-refractivity contribution in [2.75, 3.05) is 18.8 Å². The van der Waals surface area contributed by atoms with E-state index in [0.29, 0.717) is 45.7 Å². The van der Waals surface area contributed by atoms with E-state index < -0.39 is 0 Å². The third-order valence-corrected chi connectivity index (χ3v) is 6.41. The van der Waals surface area contributed by atoms with Crippen LogP contribution in [-0.2, 0) is 4.79 Å². The van der Waals surface area contributed by atoms with Crippen LogP contribution >= 0.6 is 23.2 Å². The minimum Gasteiger partial charge on any atom is -0.383 e. The molecule has 1 atom stereocenters. The van der Waals surface area contributed by atoms with Gasteiger partial charge in [-0.1, -0.05) is 56.1 Å². The molecular weight excluding hydrogens is 473 g/mol. The van der Waals surface area contributed by atoms with E-state index in [0.717, 1.165) is 18.4 Å². The van der Waals surface area contributed by atoms with E-state index in [1.165, 1.54) is 6.33 Å². The van der Waals surface area contributed by atoms with Crippen molar-refractivity contribution in [2.45, 2.75) is 39.7 Å². The Morgan fingerprint density at radius 3 is 2.71 bits per heavy atom. The van der Waals surface area contributed by atoms with Gasteiger partial charge in [-0.05, 0) is 30.4 Å². The van der Waals surface area contributed by atoms with Crippen LogP contribution in [0.3, 0.4) is 0 Å². The maximum absolute atomic E-state index is 13.1. The van der Waals surface area contributed by atoms with Crippen LogP contribution < -0.4 is 5.73 Å². The van der Waals surface area contributed by atoms with Gasteiger partial charge in [-0.3, -0.25) is 4.79 Å². The first-order valence-electron chi connectivity index (χ1n) is 11.0. The van der Waals surface area contributed by atoms with Crippen LogP contribution in [0.25, 0.3) is 22.3 Å². The average Bonchev–Trinajstić information content (AvgIpc) is 3.19. The highest BCUT2D eigenvalue weighted by Crippen LogP contribution is 2.36. The van der Waals surface area contributed by atoms with Gasteiger partial charge in [0.1, 0.15) is 29.5 Å². The lowest BCUT2D eigenvalue weighted by Gasteiger charge is -2.33. The van der Waals surface area contributed by atoms with Gasteiger partial charge in [0.2, 0.25) is 0 Å². The highest BCUT2D eigenvalue weighted by Gasteiger charge is 2.30. The first kappa shape index (κ1) is 24.0. The SMILES string of the molecule is CC(C)(C)C=C(C#N)C(=O)N1CCCC(n2nc(-c3ccc(Cl)c(Cl)c3)c3c(N)ncnc32)C1. The molecule has 1 aromatic carbocycles. The number of amides is 1. The van der Waals surface area contributed by atoms with Gasteiger partial charge in [0.05, 0.1) is 21.5 Å². The molecule has 1 amide bonds. The second kappa shape index (κ2) is 9.24. The smallest absolute Gasteiger partial charge is 0.264 e. The molecule has 0 aliphatic carbocycles. The zero-order chi connectivity index (χ0) is 24.6. The minimum atomic E-state index is -0.280. The molecule has 2 N–H and O–H groups in total. The molecule has 1 aliphatic heterocycles. The van der Waals surface area contributed by atoms with Crippen molar-refractivity contribution in [1.29, 1.82) is 5.26 Å². The van der Waals surface area contributed by atoms with E-state index in [1.807, 2.05) is 31.5 Å². The van der Waals surface area contributed by atoms with Crippen molar-refractivity contribution < 1.29 is 4.79 Å². The first-order valence-corrected chi connectivity index (χ1v) is 11.7. The first-order chi connectivity index (χ1) is 16.1. The van der Waals surface area contributed by atoms with E-state index in [-0.39, 0.29) is 22.9 Å². The van der Waals surface area contributed by atoms with E-state index in [9.17, 15) is 10.1 Å². The van der Waals surface area contributed by atoms with Crippen LogP contribution in [0.1, 0.15) is 39.7 Å². The number of fused-ring (bicyclic) bond motifs is 1. The van der Waals surface area contributed by atoms with Gasteiger partial charge >= 0.3 is 0 Å². The lowest BCUT2D eigenvalue weighted by Crippen LogP contribution is -2.41. The minimum absolute atomic E-state index is 0.138. The fourth-order valence-electron chi connectivity index (χ4n) is 4.18. The highest BCUT2D eigenvalue weighted by atomic mass is 35.5. The molecule has 3 aromatic rings. The van der Waals surface area contributed by atoms with Crippen molar-refractivity contribution in [1.82, 2.24) is 24.6 Å². The molecule has 2 aromatic heterocycles. The molecule has 0 saturated carbocycles. The number of anilines is 1. The third-order valence-electron chi connectivity index (χ3n) is 5.67. The Labute approximate surface area is 208 Å². The van der Waals surface area contributed by atoms with Gasteiger partial charge in [-0.15, -0.1) is 0 Å². The van der Waals surface area contributed by atoms with E-state index in [2.05, 4.69) is 16.0 Å². The van der Waals surface area contributed by atoms with Gasteiger partial charge in [0.15, 0.2) is 5.65 Å². The number of carbonyl (C=O) groups excluding carboxylic acids is 1. The molecule has 10 heteroatoms. The summed E-state index contributed by atoms with van der Waals surface area (Å²) in [6.45, 7) is 6.86. The number of allylic oxidation sites excluding steroid dienone is 1. The largest absolute Gasteiger partial charge is 0.383 e. The molecular formula is C24H25Cl2N7O. The zero-order valence-electron chi connectivity index (χ0n) is 19.2. The number of rotatable bonds is 3. The summed E-state index contributed by atoms with van der Waals surface area (Å²) in [5.74, 6) is 0.0402. The Morgan fingerprint density at radius 1 is 1.26 bits per heavy atom. The quantitative estimate of drug-likeness (QED) is 0.400. The van der Waals surface area contributed by atoms with E-state index >= 15 is 0 Å². The standard InChI is InChI=1S/C24H25Cl2N7O/c1-24(2,3)10-15(11-27)23(34)32-8-4-5-16(12-32)33-22-19(21(28)29-13-30-22)20(31-33)14-6-7-17(25)18(26)9-14/h6-7,9-10,13,16H,4-5,8,12H2,1-3H3,(H2,28,29,30). The molecule has 1 saturated heterocycles. The summed E-state index contributed by atoms with van der Waals surface area (Å²) in [6.07, 6.45) is 4.70. The number of benzene rings is 1. The van der Waals surface area contributed by atoms with Gasteiger partial charge in [0, 0.05) is 18.7 Å². The number of nitrogens with zero attached hydrogens (tertiary/aromatic N) is 6. The van der Waals surface area contributed by atoms with Crippen molar-refractivity contribution in [3.8, 4) is 17.3 Å². The fraction of sp³-hybridized carbons (Fsp3) is 0.375. The number of aromatic nitrogens is 4. The lowest BCUT2D eigenvalue weighted by atomic mass is 9.93. The number of nitrogen functional groups attached to an aromatic ring is 1. The van der Waals surface area contributed by atoms with Gasteiger partial charge in [-0.25, -0.2) is 14.6 Å². The predicted molar refractivity (Wildman–Crippen MR) is 133 cm³/mol. The van der Waals surface area contributed by atoms with Gasteiger partial charge in [-0.2, -0.15) is 10.4 Å². The maximum Gasteiger partial charge on any atom is 0.264 e. The molecule has 176 valence electrons. The van der Waals surface area contributed by atoms with Crippen LogP contribution in [0.15, 0.2) is 36.2 Å². The van der Waals surface area contributed by atoms with Crippen LogP contribution in [-0.4, -0.2) is 43.6 Å². The summed E-state index contributed by atoms with van der Waals surface area (Å²) in [5.41, 5.74) is 8.02. The highest BCUT2D eigenvalue weighted by molar-refractivity contribution is 6.42. The van der Waals surface area contributed by atoms with Gasteiger partial charge in [0.25, 0.3) is 5.91 Å². The van der Waals surface area contributed by atoms with Crippen molar-refractivity contribution >= 4 is 46.0 Å². The molecule has 1 aliphatic rings. The summed E-state index contributed by atoms with van der Waals surface area (Å²) in [6, 6.07) is 7.19. The fourth-order valence-corrected chi connectivity index (χ4v) is 4.48. The number of halogens is 2. The lowest BCUT2D eigenvalue weighted by molar-refractivity contribution is -0.128. The second-order valence-corrected chi connectivity index (χ2v) is 10.3. The average molecular weight is 498 g/mol. The van der Waals surface area contributed by atoms with Crippen LogP contribution in [0.5, 0.6) is 0 Å². The monoisotopic (exact) mass is 497 g/mol. The summed E-state index contributed by atoms with van der Waals surface area (Å²) in [5, 5.41) is 15.9. The molecule has 34 heavy (non-hydrogen) atoms. The van der Waals surface area contributed by atoms with Crippen molar-refractivity contribution in [3.05, 3.63) is 46.2 Å². The van der Waals surface area contributed by atoms with E-state index in [4.69, 9.17) is 34.0 Å². The Morgan fingerprint density at radius 2 is 2.03 bits per heavy atom. The Balaban J connectivity index is 1.74. The molecule has 0 bridgehead atoms. The maximum atomic E-state index is 13.1. The van der Waals surface area contributed by atoms with Gasteiger partial charge < -0.3 is 10.6 Å². The van der Waals surface area contributed by atoms with Crippen molar-refractivity contribution in [2.24, 2.45) is 5.41 Å². The molecule has 4 rings (SSSR count). The number of carbonyl (C=O) groups is 1. The summed E-state index contributed by atoms with van der Waals surface area (Å²) < 4.78 is 1.81. The number of nitrogens with two attached hydrogens (primary N) is 1. The molecule has 1 unspecified atom stereocenters. The van der Waals surface area contributed by atoms with Crippen LogP contribution in [0, 0.1) is 16.7 Å². The Kier molecular flexibility index (Phi) is 6.52. The van der Waals surface area contributed by atoms with E-state index in [1.54, 1.807) is 23.1 Å². The normalized spacial score (nSPS) is 17.1. The molecule has 0 spiro atoms. The molecule has 1 fully saturated rings. The number of piperidine rings is 1. The number of nitriles is 1. The zero-order valence-corrected chi connectivity index (χ0v) is 20.7. The Hall–Kier alpha value is -3.15. The van der Waals surface area contributed by atoms with Crippen LogP contribution in [0.4, 0.5) is 5.82 Å². The van der Waals surface area contributed by atoms with Crippen molar-refractivity contribution in [3.63, 3.8) is 0 Å². The molecule has 8 nitrogen and oxygen atoms in total. The number of hydrogen-bond acceptors (Lipinski definition) is 6. The second-order valence-electron chi connectivity index (χ2n) is 9.46. The molecule has 0 radical (unpaired) electrons.